The van der Waals surface area contributed by atoms with Crippen molar-refractivity contribution in [3.05, 3.63) is 35.9 Å². The summed E-state index contributed by atoms with van der Waals surface area (Å²) in [5, 5.41) is 16.7. The minimum atomic E-state index is -1.49. The molecule has 0 heterocycles. The molecule has 204 valence electrons. The second-order valence-corrected chi connectivity index (χ2v) is 8.80. The van der Waals surface area contributed by atoms with Gasteiger partial charge in [0, 0.05) is 12.8 Å². The van der Waals surface area contributed by atoms with Crippen molar-refractivity contribution in [2.75, 3.05) is 0 Å². The topological polar surface area (TPSA) is 237 Å². The van der Waals surface area contributed by atoms with E-state index in [1.165, 1.54) is 0 Å². The van der Waals surface area contributed by atoms with Crippen LogP contribution in [0.3, 0.4) is 0 Å². The van der Waals surface area contributed by atoms with Crippen molar-refractivity contribution >= 4 is 35.5 Å². The summed E-state index contributed by atoms with van der Waals surface area (Å²) >= 11 is 0. The zero-order valence-electron chi connectivity index (χ0n) is 20.9. The van der Waals surface area contributed by atoms with Gasteiger partial charge in [0.1, 0.15) is 18.1 Å². The molecule has 0 fully saturated rings. The number of carboxylic acids is 1. The quantitative estimate of drug-likeness (QED) is 0.132. The Hall–Kier alpha value is -4.00. The fourth-order valence-corrected chi connectivity index (χ4v) is 3.39. The van der Waals surface area contributed by atoms with Crippen molar-refractivity contribution < 1.29 is 33.9 Å². The Morgan fingerprint density at radius 3 is 1.95 bits per heavy atom. The monoisotopic (exact) mass is 520 g/mol. The third-order valence-electron chi connectivity index (χ3n) is 5.77. The Kier molecular flexibility index (Phi) is 12.7. The van der Waals surface area contributed by atoms with Crippen LogP contribution in [0, 0.1) is 5.92 Å². The first-order valence-corrected chi connectivity index (χ1v) is 11.9. The van der Waals surface area contributed by atoms with Gasteiger partial charge in [-0.3, -0.25) is 24.0 Å². The van der Waals surface area contributed by atoms with E-state index in [9.17, 15) is 33.9 Å². The molecule has 1 aromatic carbocycles. The minimum absolute atomic E-state index is 0.0104. The van der Waals surface area contributed by atoms with Gasteiger partial charge in [0.05, 0.1) is 12.5 Å². The predicted octanol–water partition coefficient (Wildman–Crippen LogP) is -1.72. The van der Waals surface area contributed by atoms with Crippen LogP contribution >= 0.6 is 0 Å². The fourth-order valence-electron chi connectivity index (χ4n) is 3.39. The summed E-state index contributed by atoms with van der Waals surface area (Å²) in [5.41, 5.74) is 16.8. The zero-order chi connectivity index (χ0) is 28.1. The number of carbonyl (C=O) groups excluding carboxylic acids is 5. The summed E-state index contributed by atoms with van der Waals surface area (Å²) in [6, 6.07) is 3.57. The summed E-state index contributed by atoms with van der Waals surface area (Å²) in [5.74, 6) is -5.72. The molecule has 0 radical (unpaired) electrons. The zero-order valence-corrected chi connectivity index (χ0v) is 20.9. The minimum Gasteiger partial charge on any atom is -0.480 e. The molecule has 13 heteroatoms. The average molecular weight is 521 g/mol. The van der Waals surface area contributed by atoms with Gasteiger partial charge in [-0.1, -0.05) is 50.6 Å². The number of primary amides is 2. The smallest absolute Gasteiger partial charge is 0.326 e. The Labute approximate surface area is 214 Å². The fraction of sp³-hybridized carbons (Fsp3) is 0.500. The Balaban J connectivity index is 3.12. The van der Waals surface area contributed by atoms with E-state index in [0.29, 0.717) is 12.0 Å². The molecular formula is C24H36N6O7. The molecule has 0 bridgehead atoms. The van der Waals surface area contributed by atoms with Crippen molar-refractivity contribution in [3.8, 4) is 0 Å². The third kappa shape index (κ3) is 11.1. The van der Waals surface area contributed by atoms with E-state index in [1.807, 2.05) is 0 Å². The molecule has 0 saturated carbocycles. The Morgan fingerprint density at radius 2 is 1.43 bits per heavy atom. The number of nitrogens with two attached hydrogens (primary N) is 3. The van der Waals surface area contributed by atoms with Crippen molar-refractivity contribution in [1.29, 1.82) is 0 Å². The van der Waals surface area contributed by atoms with Crippen molar-refractivity contribution in [2.45, 2.75) is 70.1 Å². The summed E-state index contributed by atoms with van der Waals surface area (Å²) < 4.78 is 0. The highest BCUT2D eigenvalue weighted by atomic mass is 16.4. The highest BCUT2D eigenvalue weighted by molar-refractivity contribution is 5.96. The second-order valence-electron chi connectivity index (χ2n) is 8.80. The number of hydrogen-bond donors (Lipinski definition) is 7. The number of carbonyl (C=O) groups is 6. The standard InChI is InChI=1S/C24H36N6O7/c1-3-13(2)20(24(36)37)30-23(35)17(12-19(27)32)29-22(34)16(11-14-7-5-4-6-8-14)28-21(33)15(25)9-10-18(26)31/h4-8,13,15-17,20H,3,9-12,25H2,1-2H3,(H2,26,31)(H2,27,32)(H,28,33)(H,29,34)(H,30,35)(H,36,37). The van der Waals surface area contributed by atoms with Gasteiger partial charge in [0.15, 0.2) is 0 Å². The number of benzene rings is 1. The molecule has 0 saturated heterocycles. The molecule has 13 nitrogen and oxygen atoms in total. The van der Waals surface area contributed by atoms with E-state index in [2.05, 4.69) is 16.0 Å². The molecule has 37 heavy (non-hydrogen) atoms. The second kappa shape index (κ2) is 15.2. The summed E-state index contributed by atoms with van der Waals surface area (Å²) in [6.07, 6.45) is -0.317. The molecule has 1 aromatic rings. The molecule has 5 atom stereocenters. The van der Waals surface area contributed by atoms with Crippen molar-refractivity contribution in [2.24, 2.45) is 23.1 Å². The normalized spacial score (nSPS) is 14.8. The van der Waals surface area contributed by atoms with Crippen molar-refractivity contribution in [3.63, 3.8) is 0 Å². The molecule has 1 rings (SSSR count). The highest BCUT2D eigenvalue weighted by Gasteiger charge is 2.32. The number of nitrogens with one attached hydrogen (secondary N) is 3. The van der Waals surface area contributed by atoms with E-state index < -0.39 is 72.0 Å². The predicted molar refractivity (Wildman–Crippen MR) is 133 cm³/mol. The number of rotatable bonds is 16. The van der Waals surface area contributed by atoms with E-state index in [-0.39, 0.29) is 19.3 Å². The Bertz CT molecular complexity index is 972. The lowest BCUT2D eigenvalue weighted by Gasteiger charge is -2.26. The number of aliphatic carboxylic acids is 1. The van der Waals surface area contributed by atoms with Crippen LogP contribution in [0.5, 0.6) is 0 Å². The van der Waals surface area contributed by atoms with Gasteiger partial charge in [0.2, 0.25) is 29.5 Å². The maximum absolute atomic E-state index is 13.2. The lowest BCUT2D eigenvalue weighted by molar-refractivity contribution is -0.144. The maximum atomic E-state index is 13.2. The third-order valence-corrected chi connectivity index (χ3v) is 5.77. The van der Waals surface area contributed by atoms with E-state index in [1.54, 1.807) is 44.2 Å². The number of carboxylic acid groups (broad SMARTS) is 1. The number of hydrogen-bond acceptors (Lipinski definition) is 7. The van der Waals surface area contributed by atoms with Gasteiger partial charge in [-0.15, -0.1) is 0 Å². The maximum Gasteiger partial charge on any atom is 0.326 e. The van der Waals surface area contributed by atoms with Gasteiger partial charge in [-0.2, -0.15) is 0 Å². The van der Waals surface area contributed by atoms with E-state index in [0.717, 1.165) is 0 Å². The van der Waals surface area contributed by atoms with Crippen LogP contribution in [0.2, 0.25) is 0 Å². The largest absolute Gasteiger partial charge is 0.480 e. The molecule has 0 aliphatic rings. The molecule has 0 aliphatic heterocycles. The summed E-state index contributed by atoms with van der Waals surface area (Å²) in [7, 11) is 0. The summed E-state index contributed by atoms with van der Waals surface area (Å²) in [6.45, 7) is 3.38. The Morgan fingerprint density at radius 1 is 0.865 bits per heavy atom. The molecule has 0 aliphatic carbocycles. The molecule has 5 amide bonds. The van der Waals surface area contributed by atoms with Gasteiger partial charge in [-0.05, 0) is 17.9 Å². The van der Waals surface area contributed by atoms with Crippen LogP contribution in [0.4, 0.5) is 0 Å². The van der Waals surface area contributed by atoms with E-state index in [4.69, 9.17) is 17.2 Å². The van der Waals surface area contributed by atoms with Crippen LogP contribution in [0.15, 0.2) is 30.3 Å². The SMILES string of the molecule is CCC(C)C(NC(=O)C(CC(N)=O)NC(=O)C(Cc1ccccc1)NC(=O)C(N)CCC(N)=O)C(=O)O. The van der Waals surface area contributed by atoms with Crippen LogP contribution in [-0.4, -0.2) is 64.8 Å². The van der Waals surface area contributed by atoms with Crippen LogP contribution in [0.25, 0.3) is 0 Å². The van der Waals surface area contributed by atoms with E-state index >= 15 is 0 Å². The number of amides is 5. The average Bonchev–Trinajstić information content (AvgIpc) is 2.84. The highest BCUT2D eigenvalue weighted by Crippen LogP contribution is 2.10. The molecular weight excluding hydrogens is 484 g/mol. The molecule has 5 unspecified atom stereocenters. The molecule has 0 aromatic heterocycles. The summed E-state index contributed by atoms with van der Waals surface area (Å²) in [4.78, 5) is 72.9. The van der Waals surface area contributed by atoms with Gasteiger partial charge in [0.25, 0.3) is 0 Å². The van der Waals surface area contributed by atoms with Crippen molar-refractivity contribution in [1.82, 2.24) is 16.0 Å². The van der Waals surface area contributed by atoms with Gasteiger partial charge >= 0.3 is 5.97 Å². The van der Waals surface area contributed by atoms with Crippen LogP contribution < -0.4 is 33.2 Å². The first-order chi connectivity index (χ1) is 17.3. The van der Waals surface area contributed by atoms with Gasteiger partial charge in [-0.25, -0.2) is 4.79 Å². The lowest BCUT2D eigenvalue weighted by Crippen LogP contribution is -2.58. The first-order valence-electron chi connectivity index (χ1n) is 11.9. The molecule has 10 N–H and O–H groups in total. The van der Waals surface area contributed by atoms with Crippen LogP contribution in [-0.2, 0) is 35.2 Å². The molecule has 0 spiro atoms. The lowest BCUT2D eigenvalue weighted by atomic mass is 9.98. The first kappa shape index (κ1) is 31.0. The van der Waals surface area contributed by atoms with Gasteiger partial charge < -0.3 is 38.3 Å². The van der Waals surface area contributed by atoms with Crippen LogP contribution in [0.1, 0.15) is 45.1 Å².